The first-order valence-electron chi connectivity index (χ1n) is 7.73. The number of rotatable bonds is 7. The van der Waals surface area contributed by atoms with E-state index in [1.165, 1.54) is 32.1 Å². The third-order valence-corrected chi connectivity index (χ3v) is 4.49. The second-order valence-corrected chi connectivity index (χ2v) is 6.00. The number of hydrogen-bond acceptors (Lipinski definition) is 3. The Balaban J connectivity index is 1.88. The first kappa shape index (κ1) is 14.5. The van der Waals surface area contributed by atoms with Gasteiger partial charge in [-0.3, -0.25) is 16.0 Å². The van der Waals surface area contributed by atoms with Crippen molar-refractivity contribution < 1.29 is 0 Å². The molecule has 0 saturated heterocycles. The molecule has 1 saturated carbocycles. The monoisotopic (exact) mass is 264 g/mol. The molecule has 0 radical (unpaired) electrons. The average molecular weight is 264 g/mol. The molecule has 3 N–H and O–H groups in total. The molecule has 108 valence electrons. The molecule has 2 unspecified atom stereocenters. The summed E-state index contributed by atoms with van der Waals surface area (Å²) >= 11 is 0. The third-order valence-electron chi connectivity index (χ3n) is 4.49. The van der Waals surface area contributed by atoms with Gasteiger partial charge in [0.15, 0.2) is 0 Å². The van der Waals surface area contributed by atoms with Gasteiger partial charge in [0.1, 0.15) is 0 Å². The molecular formula is C15H28N4. The minimum atomic E-state index is 0.364. The maximum atomic E-state index is 5.71. The van der Waals surface area contributed by atoms with E-state index >= 15 is 0 Å². The van der Waals surface area contributed by atoms with Crippen molar-refractivity contribution >= 4 is 0 Å². The van der Waals surface area contributed by atoms with Gasteiger partial charge in [0, 0.05) is 24.7 Å². The predicted molar refractivity (Wildman–Crippen MR) is 78.6 cm³/mol. The van der Waals surface area contributed by atoms with Gasteiger partial charge in [-0.25, -0.2) is 0 Å². The summed E-state index contributed by atoms with van der Waals surface area (Å²) in [5.74, 6) is 6.57. The van der Waals surface area contributed by atoms with Crippen molar-refractivity contribution in [3.63, 3.8) is 0 Å². The van der Waals surface area contributed by atoms with Crippen LogP contribution in [-0.4, -0.2) is 15.8 Å². The van der Waals surface area contributed by atoms with E-state index in [-0.39, 0.29) is 0 Å². The largest absolute Gasteiger partial charge is 0.271 e. The van der Waals surface area contributed by atoms with Crippen LogP contribution in [0.3, 0.4) is 0 Å². The minimum Gasteiger partial charge on any atom is -0.271 e. The molecule has 0 aliphatic heterocycles. The van der Waals surface area contributed by atoms with E-state index in [0.29, 0.717) is 12.1 Å². The molecule has 0 spiro atoms. The molecule has 4 heteroatoms. The van der Waals surface area contributed by atoms with Crippen LogP contribution in [0.25, 0.3) is 0 Å². The number of nitrogens with one attached hydrogen (secondary N) is 1. The van der Waals surface area contributed by atoms with Crippen LogP contribution in [-0.2, 0) is 6.42 Å². The summed E-state index contributed by atoms with van der Waals surface area (Å²) in [4.78, 5) is 0. The minimum absolute atomic E-state index is 0.364. The van der Waals surface area contributed by atoms with E-state index in [9.17, 15) is 0 Å². The molecular weight excluding hydrogens is 236 g/mol. The topological polar surface area (TPSA) is 55.9 Å². The maximum absolute atomic E-state index is 5.71. The summed E-state index contributed by atoms with van der Waals surface area (Å²) < 4.78 is 2.07. The fourth-order valence-electron chi connectivity index (χ4n) is 3.03. The summed E-state index contributed by atoms with van der Waals surface area (Å²) in [6.45, 7) is 4.39. The van der Waals surface area contributed by atoms with E-state index in [4.69, 9.17) is 5.84 Å². The molecule has 0 bridgehead atoms. The van der Waals surface area contributed by atoms with Crippen molar-refractivity contribution in [1.82, 2.24) is 15.2 Å². The normalized spacial score (nSPS) is 19.7. The summed E-state index contributed by atoms with van der Waals surface area (Å²) in [5, 5.41) is 4.66. The van der Waals surface area contributed by atoms with Gasteiger partial charge < -0.3 is 0 Å². The molecule has 0 amide bonds. The van der Waals surface area contributed by atoms with Crippen LogP contribution < -0.4 is 11.3 Å². The fourth-order valence-corrected chi connectivity index (χ4v) is 3.03. The van der Waals surface area contributed by atoms with Crippen LogP contribution in [0, 0.1) is 5.92 Å². The van der Waals surface area contributed by atoms with Crippen LogP contribution in [0.15, 0.2) is 12.3 Å². The van der Waals surface area contributed by atoms with E-state index in [1.54, 1.807) is 0 Å². The van der Waals surface area contributed by atoms with Crippen molar-refractivity contribution in [1.29, 1.82) is 0 Å². The molecule has 0 aromatic carbocycles. The molecule has 19 heavy (non-hydrogen) atoms. The van der Waals surface area contributed by atoms with Gasteiger partial charge in [0.05, 0.1) is 5.69 Å². The standard InChI is InChI=1S/C15H28N4/c1-3-12(2)19-9-8-14(18-19)11-15(17-16)10-13-6-4-5-7-13/h8-9,12-13,15,17H,3-7,10-11,16H2,1-2H3. The van der Waals surface area contributed by atoms with Crippen molar-refractivity contribution in [2.24, 2.45) is 11.8 Å². The number of aromatic nitrogens is 2. The summed E-state index contributed by atoms with van der Waals surface area (Å²) in [6, 6.07) is 2.97. The molecule has 1 heterocycles. The first-order valence-corrected chi connectivity index (χ1v) is 7.73. The highest BCUT2D eigenvalue weighted by Gasteiger charge is 2.20. The zero-order valence-corrected chi connectivity index (χ0v) is 12.3. The van der Waals surface area contributed by atoms with Gasteiger partial charge in [0.2, 0.25) is 0 Å². The molecule has 1 aliphatic carbocycles. The molecule has 1 aromatic rings. The lowest BCUT2D eigenvalue weighted by Crippen LogP contribution is -2.38. The average Bonchev–Trinajstić information content (AvgIpc) is 3.08. The Morgan fingerprint density at radius 3 is 2.84 bits per heavy atom. The zero-order valence-electron chi connectivity index (χ0n) is 12.3. The van der Waals surface area contributed by atoms with E-state index in [1.807, 2.05) is 0 Å². The summed E-state index contributed by atoms with van der Waals surface area (Å²) in [5.41, 5.74) is 4.13. The molecule has 1 fully saturated rings. The van der Waals surface area contributed by atoms with Crippen LogP contribution in [0.5, 0.6) is 0 Å². The Hall–Kier alpha value is -0.870. The second-order valence-electron chi connectivity index (χ2n) is 6.00. The Kier molecular flexibility index (Phi) is 5.40. The molecule has 2 rings (SSSR count). The molecule has 2 atom stereocenters. The van der Waals surface area contributed by atoms with E-state index in [2.05, 4.69) is 41.3 Å². The van der Waals surface area contributed by atoms with Gasteiger partial charge in [-0.05, 0) is 31.7 Å². The zero-order chi connectivity index (χ0) is 13.7. The smallest absolute Gasteiger partial charge is 0.0640 e. The van der Waals surface area contributed by atoms with Crippen molar-refractivity contribution in [2.75, 3.05) is 0 Å². The Morgan fingerprint density at radius 1 is 1.47 bits per heavy atom. The lowest BCUT2D eigenvalue weighted by atomic mass is 9.96. The number of hydrazine groups is 1. The third kappa shape index (κ3) is 4.05. The van der Waals surface area contributed by atoms with E-state index < -0.39 is 0 Å². The number of hydrogen-bond donors (Lipinski definition) is 2. The lowest BCUT2D eigenvalue weighted by Gasteiger charge is -2.18. The van der Waals surface area contributed by atoms with Crippen molar-refractivity contribution in [2.45, 2.75) is 70.9 Å². The van der Waals surface area contributed by atoms with Gasteiger partial charge in [-0.15, -0.1) is 0 Å². The van der Waals surface area contributed by atoms with Crippen molar-refractivity contribution in [3.05, 3.63) is 18.0 Å². The quantitative estimate of drug-likeness (QED) is 0.588. The van der Waals surface area contributed by atoms with Crippen LogP contribution in [0.2, 0.25) is 0 Å². The Bertz CT molecular complexity index is 368. The Labute approximate surface area is 116 Å². The van der Waals surface area contributed by atoms with Crippen LogP contribution in [0.1, 0.15) is 64.1 Å². The highest BCUT2D eigenvalue weighted by molar-refractivity contribution is 5.02. The molecule has 1 aliphatic rings. The summed E-state index contributed by atoms with van der Waals surface area (Å²) in [6.07, 6.45) is 10.9. The van der Waals surface area contributed by atoms with Crippen LogP contribution in [0.4, 0.5) is 0 Å². The summed E-state index contributed by atoms with van der Waals surface area (Å²) in [7, 11) is 0. The SMILES string of the molecule is CCC(C)n1ccc(CC(CC2CCCC2)NN)n1. The second kappa shape index (κ2) is 7.06. The molecule has 4 nitrogen and oxygen atoms in total. The number of nitrogens with zero attached hydrogens (tertiary/aromatic N) is 2. The van der Waals surface area contributed by atoms with Crippen molar-refractivity contribution in [3.8, 4) is 0 Å². The van der Waals surface area contributed by atoms with Crippen LogP contribution >= 0.6 is 0 Å². The van der Waals surface area contributed by atoms with Gasteiger partial charge in [-0.2, -0.15) is 5.10 Å². The van der Waals surface area contributed by atoms with Gasteiger partial charge >= 0.3 is 0 Å². The number of nitrogens with two attached hydrogens (primary N) is 1. The highest BCUT2D eigenvalue weighted by Crippen LogP contribution is 2.29. The fraction of sp³-hybridized carbons (Fsp3) is 0.800. The van der Waals surface area contributed by atoms with Gasteiger partial charge in [-0.1, -0.05) is 32.6 Å². The maximum Gasteiger partial charge on any atom is 0.0640 e. The van der Waals surface area contributed by atoms with Gasteiger partial charge in [0.25, 0.3) is 0 Å². The lowest BCUT2D eigenvalue weighted by molar-refractivity contribution is 0.384. The van der Waals surface area contributed by atoms with E-state index in [0.717, 1.165) is 24.5 Å². The molecule has 1 aromatic heterocycles. The predicted octanol–water partition coefficient (Wildman–Crippen LogP) is 2.81. The Morgan fingerprint density at radius 2 is 2.21 bits per heavy atom. The highest BCUT2D eigenvalue weighted by atomic mass is 15.3. The first-order chi connectivity index (χ1) is 9.22.